The molecule has 0 saturated carbocycles. The molecule has 27 heavy (non-hydrogen) atoms. The molecule has 0 unspecified atom stereocenters. The number of hydroxylamine groups is 3. The minimum atomic E-state index is -4.81. The summed E-state index contributed by atoms with van der Waals surface area (Å²) < 4.78 is 40.0. The van der Waals surface area contributed by atoms with Gasteiger partial charge in [-0.05, 0) is 12.8 Å². The Morgan fingerprint density at radius 1 is 1.30 bits per heavy atom. The number of urea groups is 1. The normalized spacial score (nSPS) is 26.0. The standard InChI is InChI=1S/C13H22N4O8S.Na/c18-12(14-24-8-5-15-3-6-23-7-4-15)11-2-1-10-9-16(11)13(19)17(10)25-26(20,21)22;/h10-11H,1-9H2,(H,14,18)(H,20,21,22);/t10-,11+;/m1./s1. The van der Waals surface area contributed by atoms with Crippen LogP contribution >= 0.6 is 0 Å². The molecule has 2 N–H and O–H groups in total. The molecule has 3 aliphatic rings. The number of carbonyl (C=O) groups excluding carboxylic acids is 2. The van der Waals surface area contributed by atoms with Crippen molar-refractivity contribution in [2.75, 3.05) is 46.0 Å². The van der Waals surface area contributed by atoms with E-state index in [-0.39, 0.29) is 36.1 Å². The van der Waals surface area contributed by atoms with Crippen LogP contribution in [0.15, 0.2) is 0 Å². The van der Waals surface area contributed by atoms with Gasteiger partial charge in [-0.3, -0.25) is 19.1 Å². The Morgan fingerprint density at radius 2 is 2.00 bits per heavy atom. The summed E-state index contributed by atoms with van der Waals surface area (Å²) in [4.78, 5) is 33.1. The zero-order chi connectivity index (χ0) is 18.7. The summed E-state index contributed by atoms with van der Waals surface area (Å²) in [6.07, 6.45) is 0.698. The van der Waals surface area contributed by atoms with Crippen molar-refractivity contribution < 1.29 is 36.4 Å². The quantitative estimate of drug-likeness (QED) is 0.208. The van der Waals surface area contributed by atoms with Crippen LogP contribution < -0.4 is 5.48 Å². The predicted molar refractivity (Wildman–Crippen MR) is 90.5 cm³/mol. The molecule has 3 fully saturated rings. The Balaban J connectivity index is 0.00000261. The predicted octanol–water partition coefficient (Wildman–Crippen LogP) is -2.01. The molecule has 3 heterocycles. The largest absolute Gasteiger partial charge is 0.418 e. The number of morpholine rings is 1. The summed E-state index contributed by atoms with van der Waals surface area (Å²) in [5.74, 6) is -0.479. The summed E-state index contributed by atoms with van der Waals surface area (Å²) >= 11 is 0. The fraction of sp³-hybridized carbons (Fsp3) is 0.846. The number of rotatable bonds is 7. The molecule has 1 radical (unpaired) electrons. The van der Waals surface area contributed by atoms with Crippen molar-refractivity contribution in [3.63, 3.8) is 0 Å². The number of ether oxygens (including phenoxy) is 1. The van der Waals surface area contributed by atoms with Crippen LogP contribution in [0.2, 0.25) is 0 Å². The molecule has 3 saturated heterocycles. The molecular weight excluding hydrogens is 395 g/mol. The van der Waals surface area contributed by atoms with E-state index in [0.29, 0.717) is 44.3 Å². The summed E-state index contributed by atoms with van der Waals surface area (Å²) in [5, 5.41) is 0.599. The first kappa shape index (κ1) is 22.8. The van der Waals surface area contributed by atoms with E-state index in [1.807, 2.05) is 0 Å². The van der Waals surface area contributed by atoms with Gasteiger partial charge in [0.05, 0.1) is 25.9 Å². The van der Waals surface area contributed by atoms with Gasteiger partial charge in [-0.25, -0.2) is 10.3 Å². The third-order valence-electron chi connectivity index (χ3n) is 4.59. The van der Waals surface area contributed by atoms with Crippen molar-refractivity contribution in [3.8, 4) is 0 Å². The van der Waals surface area contributed by atoms with Crippen molar-refractivity contribution in [2.45, 2.75) is 24.9 Å². The second-order valence-corrected chi connectivity index (χ2v) is 7.28. The van der Waals surface area contributed by atoms with Gasteiger partial charge >= 0.3 is 16.4 Å². The van der Waals surface area contributed by atoms with E-state index >= 15 is 0 Å². The molecule has 0 aromatic rings. The van der Waals surface area contributed by atoms with E-state index in [1.165, 1.54) is 4.90 Å². The Kier molecular flexibility index (Phi) is 8.27. The van der Waals surface area contributed by atoms with Gasteiger partial charge in [0.25, 0.3) is 5.91 Å². The molecule has 149 valence electrons. The second-order valence-electron chi connectivity index (χ2n) is 6.28. The van der Waals surface area contributed by atoms with Gasteiger partial charge in [0, 0.05) is 55.7 Å². The van der Waals surface area contributed by atoms with Crippen LogP contribution in [-0.4, -0.2) is 127 Å². The minimum Gasteiger partial charge on any atom is -0.379 e. The summed E-state index contributed by atoms with van der Waals surface area (Å²) in [6, 6.07) is -2.09. The first-order valence-electron chi connectivity index (χ1n) is 8.34. The van der Waals surface area contributed by atoms with Crippen LogP contribution in [0.5, 0.6) is 0 Å². The van der Waals surface area contributed by atoms with E-state index < -0.39 is 34.4 Å². The number of hydrogen-bond acceptors (Lipinski definition) is 8. The Morgan fingerprint density at radius 3 is 2.67 bits per heavy atom. The number of carbonyl (C=O) groups is 2. The third-order valence-corrected chi connectivity index (χ3v) is 4.94. The van der Waals surface area contributed by atoms with Crippen LogP contribution in [0.4, 0.5) is 4.79 Å². The zero-order valence-corrected chi connectivity index (χ0v) is 17.9. The summed E-state index contributed by atoms with van der Waals surface area (Å²) in [6.45, 7) is 4.06. The Bertz CT molecular complexity index is 644. The van der Waals surface area contributed by atoms with E-state index in [9.17, 15) is 18.0 Å². The average Bonchev–Trinajstić information content (AvgIpc) is 2.83. The molecule has 0 aromatic carbocycles. The van der Waals surface area contributed by atoms with Crippen molar-refractivity contribution in [1.29, 1.82) is 0 Å². The van der Waals surface area contributed by atoms with Gasteiger partial charge < -0.3 is 9.64 Å². The van der Waals surface area contributed by atoms with E-state index in [1.54, 1.807) is 0 Å². The van der Waals surface area contributed by atoms with Crippen molar-refractivity contribution in [1.82, 2.24) is 20.3 Å². The van der Waals surface area contributed by atoms with Gasteiger partial charge in [-0.2, -0.15) is 13.5 Å². The van der Waals surface area contributed by atoms with E-state index in [0.717, 1.165) is 13.1 Å². The molecule has 3 amide bonds. The molecule has 3 rings (SSSR count). The Labute approximate surface area is 179 Å². The van der Waals surface area contributed by atoms with Crippen molar-refractivity contribution in [2.24, 2.45) is 0 Å². The molecule has 0 spiro atoms. The first-order valence-corrected chi connectivity index (χ1v) is 9.70. The molecule has 0 aliphatic carbocycles. The molecule has 12 nitrogen and oxygen atoms in total. The minimum absolute atomic E-state index is 0. The number of nitrogens with zero attached hydrogens (tertiary/aromatic N) is 3. The van der Waals surface area contributed by atoms with Gasteiger partial charge in [0.2, 0.25) is 0 Å². The third kappa shape index (κ3) is 5.98. The maximum absolute atomic E-state index is 12.3. The fourth-order valence-corrected chi connectivity index (χ4v) is 3.68. The number of piperidine rings is 1. The van der Waals surface area contributed by atoms with Gasteiger partial charge in [0.15, 0.2) is 0 Å². The molecular formula is C13H22N4NaO8S. The molecule has 14 heteroatoms. The SMILES string of the molecule is O=C(NOCCN1CCOCC1)[C@@H]1CC[C@@H]2CN1C(=O)N2OS(=O)(=O)O.[Na]. The maximum Gasteiger partial charge on any atom is 0.418 e. The van der Waals surface area contributed by atoms with Crippen LogP contribution in [0.25, 0.3) is 0 Å². The summed E-state index contributed by atoms with van der Waals surface area (Å²) in [5.41, 5.74) is 2.34. The number of nitrogens with one attached hydrogen (secondary N) is 1. The smallest absolute Gasteiger partial charge is 0.379 e. The molecule has 2 atom stereocenters. The monoisotopic (exact) mass is 417 g/mol. The van der Waals surface area contributed by atoms with Crippen LogP contribution in [0, 0.1) is 0 Å². The van der Waals surface area contributed by atoms with Gasteiger partial charge in [0.1, 0.15) is 6.04 Å². The van der Waals surface area contributed by atoms with Crippen LogP contribution in [-0.2, 0) is 29.1 Å². The fourth-order valence-electron chi connectivity index (χ4n) is 3.29. The average molecular weight is 417 g/mol. The van der Waals surface area contributed by atoms with Crippen molar-refractivity contribution in [3.05, 3.63) is 0 Å². The number of hydrogen-bond donors (Lipinski definition) is 2. The summed E-state index contributed by atoms with van der Waals surface area (Å²) in [7, 11) is -4.81. The zero-order valence-electron chi connectivity index (χ0n) is 15.1. The first-order chi connectivity index (χ1) is 12.3. The van der Waals surface area contributed by atoms with Gasteiger partial charge in [-0.1, -0.05) is 0 Å². The van der Waals surface area contributed by atoms with Crippen LogP contribution in [0.1, 0.15) is 12.8 Å². The second kappa shape index (κ2) is 9.80. The van der Waals surface area contributed by atoms with Gasteiger partial charge in [-0.15, -0.1) is 4.28 Å². The molecule has 0 aromatic heterocycles. The van der Waals surface area contributed by atoms with Crippen LogP contribution in [0.3, 0.4) is 0 Å². The van der Waals surface area contributed by atoms with E-state index in [2.05, 4.69) is 14.7 Å². The number of amides is 3. The topological polar surface area (TPSA) is 138 Å². The number of fused-ring (bicyclic) bond motifs is 2. The van der Waals surface area contributed by atoms with Crippen molar-refractivity contribution >= 4 is 51.9 Å². The molecule has 2 bridgehead atoms. The molecule has 3 aliphatic heterocycles. The maximum atomic E-state index is 12.3. The van der Waals surface area contributed by atoms with E-state index in [4.69, 9.17) is 14.1 Å². The Hall–Kier alpha value is -0.510.